The molecule has 1 fully saturated rings. The van der Waals surface area contributed by atoms with Crippen molar-refractivity contribution in [1.82, 2.24) is 13.5 Å². The van der Waals surface area contributed by atoms with Crippen molar-refractivity contribution in [3.05, 3.63) is 72.3 Å². The summed E-state index contributed by atoms with van der Waals surface area (Å²) >= 11 is 0. The summed E-state index contributed by atoms with van der Waals surface area (Å²) in [6, 6.07) is 16.0. The molecule has 6 nitrogen and oxygen atoms in total. The van der Waals surface area contributed by atoms with Crippen LogP contribution in [0.3, 0.4) is 0 Å². The van der Waals surface area contributed by atoms with Gasteiger partial charge in [-0.25, -0.2) is 17.0 Å². The van der Waals surface area contributed by atoms with Gasteiger partial charge in [-0.3, -0.25) is 4.90 Å². The molecule has 0 radical (unpaired) electrons. The Morgan fingerprint density at radius 3 is 1.64 bits per heavy atom. The maximum absolute atomic E-state index is 13.2. The molecule has 238 valence electrons. The summed E-state index contributed by atoms with van der Waals surface area (Å²) in [6.07, 6.45) is 1.73. The lowest BCUT2D eigenvalue weighted by Gasteiger charge is -2.36. The molecule has 0 aromatic heterocycles. The lowest BCUT2D eigenvalue weighted by molar-refractivity contribution is 0.124. The van der Waals surface area contributed by atoms with E-state index in [1.165, 1.54) is 11.1 Å². The van der Waals surface area contributed by atoms with Crippen LogP contribution in [0, 0.1) is 0 Å². The summed E-state index contributed by atoms with van der Waals surface area (Å²) in [5.41, 5.74) is 2.69. The molecule has 0 aliphatic carbocycles. The van der Waals surface area contributed by atoms with E-state index in [1.54, 1.807) is 24.5 Å². The van der Waals surface area contributed by atoms with E-state index >= 15 is 0 Å². The third-order valence-electron chi connectivity index (χ3n) is 7.43. The second-order valence-electron chi connectivity index (χ2n) is 12.7. The van der Waals surface area contributed by atoms with Gasteiger partial charge in [0.1, 0.15) is 0 Å². The van der Waals surface area contributed by atoms with Crippen molar-refractivity contribution in [3.8, 4) is 0 Å². The van der Waals surface area contributed by atoms with Crippen LogP contribution in [0.25, 0.3) is 0 Å². The van der Waals surface area contributed by atoms with Crippen molar-refractivity contribution < 1.29 is 13.2 Å². The standard InChI is InChI=1S/C18H30N2O2S.C15H23NOS.CH4/c1-18(2,3)16-6-8-17(9-7-16)23(5,21)20-12-10-19(11-13-20)14-15-22-4;1-7-12-16(5)18(6,17)14-10-8-13(9-11-14)15(2,3)4;/h6-9H,5,10-15H2,1-4H3;7-11H,1,6,12H2,2-5H3;1H4. The number of likely N-dealkylation sites (N-methyl/N-ethyl adjacent to an activating group) is 1. The van der Waals surface area contributed by atoms with Crippen molar-refractivity contribution in [2.45, 2.75) is 69.6 Å². The zero-order valence-electron chi connectivity index (χ0n) is 26.7. The van der Waals surface area contributed by atoms with Gasteiger partial charge in [-0.15, -0.1) is 6.58 Å². The van der Waals surface area contributed by atoms with Gasteiger partial charge in [-0.05, 0) is 65.0 Å². The zero-order valence-corrected chi connectivity index (χ0v) is 28.3. The van der Waals surface area contributed by atoms with Crippen molar-refractivity contribution in [2.24, 2.45) is 0 Å². The molecule has 2 aromatic rings. The first-order valence-electron chi connectivity index (χ1n) is 14.2. The van der Waals surface area contributed by atoms with E-state index in [9.17, 15) is 8.42 Å². The van der Waals surface area contributed by atoms with Gasteiger partial charge in [0.05, 0.1) is 26.0 Å². The summed E-state index contributed by atoms with van der Waals surface area (Å²) in [5.74, 6) is 7.91. The van der Waals surface area contributed by atoms with Crippen LogP contribution in [0.15, 0.2) is 71.0 Å². The number of rotatable bonds is 9. The van der Waals surface area contributed by atoms with Crippen LogP contribution in [-0.2, 0) is 35.0 Å². The predicted octanol–water partition coefficient (Wildman–Crippen LogP) is 5.97. The summed E-state index contributed by atoms with van der Waals surface area (Å²) in [6.45, 7) is 22.3. The summed E-state index contributed by atoms with van der Waals surface area (Å²) < 4.78 is 34.7. The van der Waals surface area contributed by atoms with Crippen LogP contribution in [-0.4, -0.2) is 93.7 Å². The molecule has 3 rings (SSSR count). The quantitative estimate of drug-likeness (QED) is 0.257. The van der Waals surface area contributed by atoms with Crippen LogP contribution in [0.2, 0.25) is 0 Å². The van der Waals surface area contributed by atoms with Gasteiger partial charge >= 0.3 is 0 Å². The average molecular weight is 620 g/mol. The fraction of sp³-hybridized carbons (Fsp3) is 0.529. The lowest BCUT2D eigenvalue weighted by atomic mass is 9.87. The number of ether oxygens (including phenoxy) is 1. The van der Waals surface area contributed by atoms with Crippen molar-refractivity contribution >= 4 is 31.2 Å². The molecular weight excluding hydrogens is 563 g/mol. The van der Waals surface area contributed by atoms with E-state index in [0.29, 0.717) is 6.54 Å². The van der Waals surface area contributed by atoms with Crippen LogP contribution < -0.4 is 0 Å². The van der Waals surface area contributed by atoms with E-state index < -0.39 is 19.4 Å². The minimum Gasteiger partial charge on any atom is -0.383 e. The second-order valence-corrected chi connectivity index (χ2v) is 17.3. The molecule has 0 N–H and O–H groups in total. The maximum atomic E-state index is 13.2. The van der Waals surface area contributed by atoms with E-state index in [0.717, 1.165) is 49.1 Å². The molecule has 2 aromatic carbocycles. The molecule has 1 saturated heterocycles. The molecule has 1 aliphatic heterocycles. The normalized spacial score (nSPS) is 17.7. The highest BCUT2D eigenvalue weighted by Crippen LogP contribution is 2.26. The Hall–Kier alpha value is -1.94. The third-order valence-corrected chi connectivity index (χ3v) is 11.8. The van der Waals surface area contributed by atoms with E-state index in [2.05, 4.69) is 76.9 Å². The molecule has 42 heavy (non-hydrogen) atoms. The minimum atomic E-state index is -2.40. The molecule has 8 heteroatoms. The monoisotopic (exact) mass is 619 g/mol. The Morgan fingerprint density at radius 2 is 1.26 bits per heavy atom. The Bertz CT molecular complexity index is 1310. The highest BCUT2D eigenvalue weighted by molar-refractivity contribution is 7.98. The summed E-state index contributed by atoms with van der Waals surface area (Å²) in [4.78, 5) is 3.94. The van der Waals surface area contributed by atoms with Gasteiger partial charge in [0.2, 0.25) is 0 Å². The van der Waals surface area contributed by atoms with Crippen LogP contribution in [0.5, 0.6) is 0 Å². The van der Waals surface area contributed by atoms with Gasteiger partial charge in [0, 0.05) is 56.2 Å². The Morgan fingerprint density at radius 1 is 0.833 bits per heavy atom. The van der Waals surface area contributed by atoms with Crippen LogP contribution in [0.4, 0.5) is 0 Å². The molecule has 0 saturated carbocycles. The third kappa shape index (κ3) is 10.4. The number of benzene rings is 2. The first-order chi connectivity index (χ1) is 18.9. The fourth-order valence-corrected chi connectivity index (χ4v) is 7.31. The summed E-state index contributed by atoms with van der Waals surface area (Å²) in [5, 5.41) is 0. The van der Waals surface area contributed by atoms with E-state index in [4.69, 9.17) is 4.74 Å². The topological polar surface area (TPSA) is 53.1 Å². The second kappa shape index (κ2) is 15.7. The summed E-state index contributed by atoms with van der Waals surface area (Å²) in [7, 11) is -1.27. The number of piperazine rings is 1. The minimum absolute atomic E-state index is 0. The van der Waals surface area contributed by atoms with E-state index in [-0.39, 0.29) is 18.3 Å². The van der Waals surface area contributed by atoms with E-state index in [1.807, 2.05) is 40.7 Å². The Labute approximate surface area is 259 Å². The molecule has 2 atom stereocenters. The van der Waals surface area contributed by atoms with Gasteiger partial charge in [0.25, 0.3) is 0 Å². The van der Waals surface area contributed by atoms with Crippen molar-refractivity contribution in [2.75, 3.05) is 60.0 Å². The maximum Gasteiger partial charge on any atom is 0.0589 e. The highest BCUT2D eigenvalue weighted by Gasteiger charge is 2.24. The molecule has 0 amide bonds. The van der Waals surface area contributed by atoms with Crippen molar-refractivity contribution in [3.63, 3.8) is 0 Å². The highest BCUT2D eigenvalue weighted by atomic mass is 32.2. The van der Waals surface area contributed by atoms with Crippen molar-refractivity contribution in [1.29, 1.82) is 0 Å². The molecule has 1 heterocycles. The number of nitrogens with zero attached hydrogens (tertiary/aromatic N) is 3. The predicted molar refractivity (Wildman–Crippen MR) is 187 cm³/mol. The van der Waals surface area contributed by atoms with Gasteiger partial charge in [-0.2, -0.15) is 0 Å². The van der Waals surface area contributed by atoms with Crippen LogP contribution in [0.1, 0.15) is 60.1 Å². The molecule has 1 aliphatic rings. The zero-order chi connectivity index (χ0) is 31.1. The van der Waals surface area contributed by atoms with Gasteiger partial charge < -0.3 is 4.74 Å². The number of methoxy groups -OCH3 is 1. The number of hydrogen-bond donors (Lipinski definition) is 0. The average Bonchev–Trinajstić information content (AvgIpc) is 2.92. The van der Waals surface area contributed by atoms with Gasteiger partial charge in [-0.1, -0.05) is 79.3 Å². The molecule has 2 unspecified atom stereocenters. The van der Waals surface area contributed by atoms with Gasteiger partial charge in [0.15, 0.2) is 0 Å². The number of hydrogen-bond acceptors (Lipinski definition) is 4. The molecule has 0 spiro atoms. The fourth-order valence-electron chi connectivity index (χ4n) is 4.43. The molecular formula is C34H57N3O3S2. The SMILES string of the molecule is C.C=CCN(C)S(=C)(=O)c1ccc(C(C)(C)C)cc1.C=S(=O)(c1ccc(C(C)(C)C)cc1)N1CCN(CCOC)CC1. The lowest BCUT2D eigenvalue weighted by Crippen LogP contribution is -2.49. The largest absolute Gasteiger partial charge is 0.383 e. The molecule has 0 bridgehead atoms. The Balaban J connectivity index is 0.000000423. The first-order valence-corrected chi connectivity index (χ1v) is 17.6. The Kier molecular flexibility index (Phi) is 14.2. The van der Waals surface area contributed by atoms with Crippen LogP contribution >= 0.6 is 0 Å². The smallest absolute Gasteiger partial charge is 0.0589 e. The first kappa shape index (κ1) is 38.1.